The maximum Gasteiger partial charge on any atom is 0.251 e. The minimum Gasteiger partial charge on any atom is -0.506 e. The smallest absolute Gasteiger partial charge is 0.251 e. The third-order valence-electron chi connectivity index (χ3n) is 2.50. The van der Waals surface area contributed by atoms with Gasteiger partial charge in [0.2, 0.25) is 5.82 Å². The zero-order chi connectivity index (χ0) is 13.8. The van der Waals surface area contributed by atoms with Crippen LogP contribution in [0.1, 0.15) is 11.5 Å². The van der Waals surface area contributed by atoms with Crippen LogP contribution in [0.4, 0.5) is 0 Å². The molecule has 0 aliphatic heterocycles. The third-order valence-corrected chi connectivity index (χ3v) is 2.50. The summed E-state index contributed by atoms with van der Waals surface area (Å²) >= 11 is 0. The molecular formula is C14H10N4O2. The number of aromatic hydroxyl groups is 1. The molecule has 0 unspecified atom stereocenters. The second-order valence-corrected chi connectivity index (χ2v) is 3.98. The first-order chi connectivity index (χ1) is 9.81. The molecule has 6 heteroatoms. The fourth-order valence-corrected chi connectivity index (χ4v) is 1.61. The van der Waals surface area contributed by atoms with Crippen molar-refractivity contribution in [2.24, 2.45) is 0 Å². The van der Waals surface area contributed by atoms with Crippen LogP contribution in [0, 0.1) is 0 Å². The van der Waals surface area contributed by atoms with Gasteiger partial charge in [-0.1, -0.05) is 11.2 Å². The molecule has 0 saturated carbocycles. The van der Waals surface area contributed by atoms with E-state index in [0.29, 0.717) is 17.4 Å². The lowest BCUT2D eigenvalue weighted by molar-refractivity contribution is 0.411. The topological polar surface area (TPSA) is 84.9 Å². The summed E-state index contributed by atoms with van der Waals surface area (Å²) in [7, 11) is 0. The molecule has 1 N–H and O–H groups in total. The van der Waals surface area contributed by atoms with E-state index < -0.39 is 0 Å². The summed E-state index contributed by atoms with van der Waals surface area (Å²) in [6.07, 6.45) is 8.02. The van der Waals surface area contributed by atoms with Crippen molar-refractivity contribution in [1.29, 1.82) is 0 Å². The summed E-state index contributed by atoms with van der Waals surface area (Å²) in [6, 6.07) is 7.06. The van der Waals surface area contributed by atoms with Crippen LogP contribution < -0.4 is 0 Å². The lowest BCUT2D eigenvalue weighted by Crippen LogP contribution is -1.83. The number of pyridine rings is 2. The molecule has 3 aromatic heterocycles. The molecule has 3 aromatic rings. The van der Waals surface area contributed by atoms with Gasteiger partial charge in [-0.3, -0.25) is 9.97 Å². The van der Waals surface area contributed by atoms with Crippen LogP contribution in [0.2, 0.25) is 0 Å². The van der Waals surface area contributed by atoms with Crippen molar-refractivity contribution in [3.8, 4) is 17.3 Å². The largest absolute Gasteiger partial charge is 0.506 e. The van der Waals surface area contributed by atoms with Gasteiger partial charge in [-0.05, 0) is 29.8 Å². The van der Waals surface area contributed by atoms with Crippen molar-refractivity contribution >= 4 is 12.2 Å². The zero-order valence-corrected chi connectivity index (χ0v) is 10.3. The van der Waals surface area contributed by atoms with Gasteiger partial charge < -0.3 is 9.63 Å². The average Bonchev–Trinajstić information content (AvgIpc) is 2.95. The molecule has 0 aliphatic carbocycles. The van der Waals surface area contributed by atoms with Crippen molar-refractivity contribution in [2.45, 2.75) is 0 Å². The van der Waals surface area contributed by atoms with Crippen LogP contribution >= 0.6 is 0 Å². The van der Waals surface area contributed by atoms with Crippen LogP contribution in [0.3, 0.4) is 0 Å². The molecule has 0 radical (unpaired) electrons. The molecule has 98 valence electrons. The first kappa shape index (κ1) is 12.0. The van der Waals surface area contributed by atoms with Gasteiger partial charge in [0.05, 0.1) is 6.20 Å². The molecule has 0 fully saturated rings. The van der Waals surface area contributed by atoms with Crippen LogP contribution in [0.15, 0.2) is 47.4 Å². The van der Waals surface area contributed by atoms with Gasteiger partial charge in [-0.15, -0.1) is 0 Å². The quantitative estimate of drug-likeness (QED) is 0.783. The Labute approximate surface area is 114 Å². The lowest BCUT2D eigenvalue weighted by Gasteiger charge is -1.92. The van der Waals surface area contributed by atoms with E-state index in [1.165, 1.54) is 6.20 Å². The monoisotopic (exact) mass is 266 g/mol. The zero-order valence-electron chi connectivity index (χ0n) is 10.3. The number of hydrogen-bond acceptors (Lipinski definition) is 6. The Morgan fingerprint density at radius 2 is 2.10 bits per heavy atom. The maximum atomic E-state index is 9.31. The summed E-state index contributed by atoms with van der Waals surface area (Å²) in [5, 5.41) is 13.2. The standard InChI is InChI=1S/C14H10N4O2/c19-11-7-10(8-15-9-11)4-5-13-17-14(18-20-13)12-3-1-2-6-16-12/h1-9,19H. The normalized spacial score (nSPS) is 11.0. The number of nitrogens with zero attached hydrogens (tertiary/aromatic N) is 4. The fraction of sp³-hybridized carbons (Fsp3) is 0. The first-order valence-corrected chi connectivity index (χ1v) is 5.88. The highest BCUT2D eigenvalue weighted by Gasteiger charge is 2.06. The molecule has 0 amide bonds. The summed E-state index contributed by atoms with van der Waals surface area (Å²) < 4.78 is 5.10. The molecule has 0 aliphatic rings. The van der Waals surface area contributed by atoms with E-state index in [4.69, 9.17) is 4.52 Å². The molecule has 20 heavy (non-hydrogen) atoms. The molecule has 0 aromatic carbocycles. The van der Waals surface area contributed by atoms with Gasteiger partial charge in [-0.2, -0.15) is 4.98 Å². The Bertz CT molecular complexity index is 738. The number of aromatic nitrogens is 4. The molecule has 3 heterocycles. The Morgan fingerprint density at radius 1 is 1.15 bits per heavy atom. The molecule has 3 rings (SSSR count). The van der Waals surface area contributed by atoms with E-state index in [1.54, 1.807) is 36.7 Å². The molecular weight excluding hydrogens is 256 g/mol. The van der Waals surface area contributed by atoms with Crippen molar-refractivity contribution in [3.63, 3.8) is 0 Å². The average molecular weight is 266 g/mol. The van der Waals surface area contributed by atoms with Crippen molar-refractivity contribution < 1.29 is 9.63 Å². The second kappa shape index (κ2) is 5.31. The van der Waals surface area contributed by atoms with Crippen LogP contribution in [0.25, 0.3) is 23.7 Å². The van der Waals surface area contributed by atoms with Crippen molar-refractivity contribution in [2.75, 3.05) is 0 Å². The van der Waals surface area contributed by atoms with E-state index in [-0.39, 0.29) is 5.75 Å². The summed E-state index contributed by atoms with van der Waals surface area (Å²) in [5.74, 6) is 0.889. The van der Waals surface area contributed by atoms with Crippen LogP contribution in [-0.2, 0) is 0 Å². The van der Waals surface area contributed by atoms with E-state index >= 15 is 0 Å². The number of hydrogen-bond donors (Lipinski definition) is 1. The van der Waals surface area contributed by atoms with Gasteiger partial charge in [-0.25, -0.2) is 0 Å². The minimum atomic E-state index is 0.104. The van der Waals surface area contributed by atoms with Crippen molar-refractivity contribution in [3.05, 3.63) is 54.3 Å². The summed E-state index contributed by atoms with van der Waals surface area (Å²) in [5.41, 5.74) is 1.39. The van der Waals surface area contributed by atoms with Crippen LogP contribution in [0.5, 0.6) is 5.75 Å². The summed E-state index contributed by atoms with van der Waals surface area (Å²) in [4.78, 5) is 12.2. The van der Waals surface area contributed by atoms with Gasteiger partial charge in [0.25, 0.3) is 5.89 Å². The van der Waals surface area contributed by atoms with E-state index in [0.717, 1.165) is 5.56 Å². The number of rotatable bonds is 3. The van der Waals surface area contributed by atoms with E-state index in [1.807, 2.05) is 12.1 Å². The molecule has 0 saturated heterocycles. The Morgan fingerprint density at radius 3 is 2.90 bits per heavy atom. The predicted molar refractivity (Wildman–Crippen MR) is 72.4 cm³/mol. The fourth-order valence-electron chi connectivity index (χ4n) is 1.61. The van der Waals surface area contributed by atoms with Gasteiger partial charge >= 0.3 is 0 Å². The van der Waals surface area contributed by atoms with E-state index in [2.05, 4.69) is 20.1 Å². The molecule has 6 nitrogen and oxygen atoms in total. The van der Waals surface area contributed by atoms with Crippen molar-refractivity contribution in [1.82, 2.24) is 20.1 Å². The van der Waals surface area contributed by atoms with Gasteiger partial charge in [0.15, 0.2) is 0 Å². The maximum absolute atomic E-state index is 9.31. The van der Waals surface area contributed by atoms with Crippen LogP contribution in [-0.4, -0.2) is 25.2 Å². The van der Waals surface area contributed by atoms with Gasteiger partial charge in [0, 0.05) is 18.5 Å². The second-order valence-electron chi connectivity index (χ2n) is 3.98. The Kier molecular flexibility index (Phi) is 3.20. The molecule has 0 atom stereocenters. The first-order valence-electron chi connectivity index (χ1n) is 5.88. The Balaban J connectivity index is 1.81. The summed E-state index contributed by atoms with van der Waals surface area (Å²) in [6.45, 7) is 0. The predicted octanol–water partition coefficient (Wildman–Crippen LogP) is 2.40. The highest BCUT2D eigenvalue weighted by atomic mass is 16.5. The molecule has 0 spiro atoms. The van der Waals surface area contributed by atoms with E-state index in [9.17, 15) is 5.11 Å². The molecule has 0 bridgehead atoms. The van der Waals surface area contributed by atoms with Gasteiger partial charge in [0.1, 0.15) is 11.4 Å². The third kappa shape index (κ3) is 2.69. The SMILES string of the molecule is Oc1cncc(C=Cc2nc(-c3ccccn3)no2)c1. The Hall–Kier alpha value is -3.02. The minimum absolute atomic E-state index is 0.104. The highest BCUT2D eigenvalue weighted by molar-refractivity contribution is 5.66. The highest BCUT2D eigenvalue weighted by Crippen LogP contribution is 2.14. The lowest BCUT2D eigenvalue weighted by atomic mass is 10.2.